The number of rotatable bonds is 6. The number of carbonyl (C=O) groups is 1. The lowest BCUT2D eigenvalue weighted by molar-refractivity contribution is -0.120. The van der Waals surface area contributed by atoms with Crippen molar-refractivity contribution < 1.29 is 9.21 Å². The van der Waals surface area contributed by atoms with Gasteiger partial charge < -0.3 is 9.73 Å². The number of hydrogen-bond acceptors (Lipinski definition) is 4. The Morgan fingerprint density at radius 1 is 1.40 bits per heavy atom. The number of halogens is 1. The summed E-state index contributed by atoms with van der Waals surface area (Å²) in [5.41, 5.74) is 1.48. The summed E-state index contributed by atoms with van der Waals surface area (Å²) in [7, 11) is 0. The molecule has 25 heavy (non-hydrogen) atoms. The van der Waals surface area contributed by atoms with Crippen LogP contribution in [-0.4, -0.2) is 41.5 Å². The molecule has 3 rings (SSSR count). The molecule has 0 saturated carbocycles. The molecule has 6 heteroatoms. The molecule has 1 aromatic heterocycles. The number of benzene rings is 1. The van der Waals surface area contributed by atoms with E-state index in [0.717, 1.165) is 18.7 Å². The average Bonchev–Trinajstić information content (AvgIpc) is 3.23. The molecule has 0 spiro atoms. The van der Waals surface area contributed by atoms with E-state index in [0.29, 0.717) is 35.0 Å². The van der Waals surface area contributed by atoms with E-state index in [1.165, 1.54) is 12.8 Å². The van der Waals surface area contributed by atoms with Crippen LogP contribution in [-0.2, 0) is 11.2 Å². The Labute approximate surface area is 153 Å². The van der Waals surface area contributed by atoms with Crippen molar-refractivity contribution in [3.63, 3.8) is 0 Å². The van der Waals surface area contributed by atoms with Crippen molar-refractivity contribution >= 4 is 17.5 Å². The zero-order chi connectivity index (χ0) is 17.8. The van der Waals surface area contributed by atoms with Gasteiger partial charge in [-0.05, 0) is 58.0 Å². The van der Waals surface area contributed by atoms with Gasteiger partial charge in [-0.1, -0.05) is 17.7 Å². The summed E-state index contributed by atoms with van der Waals surface area (Å²) < 4.78 is 5.71. The summed E-state index contributed by atoms with van der Waals surface area (Å²) in [5, 5.41) is 3.64. The first kappa shape index (κ1) is 18.0. The van der Waals surface area contributed by atoms with E-state index < -0.39 is 0 Å². The Kier molecular flexibility index (Phi) is 5.76. The van der Waals surface area contributed by atoms with Crippen LogP contribution in [0.2, 0.25) is 5.02 Å². The molecule has 0 radical (unpaired) electrons. The van der Waals surface area contributed by atoms with Gasteiger partial charge in [0, 0.05) is 23.2 Å². The minimum Gasteiger partial charge on any atom is -0.441 e. The van der Waals surface area contributed by atoms with Crippen LogP contribution < -0.4 is 5.32 Å². The second-order valence-corrected chi connectivity index (χ2v) is 7.04. The highest BCUT2D eigenvalue weighted by Crippen LogP contribution is 2.24. The van der Waals surface area contributed by atoms with Gasteiger partial charge in [0.05, 0.1) is 12.1 Å². The SMILES string of the molecule is Cc1oc(-c2cccc(Cl)c2)nc1CC(=O)NCC(C)N1CCCC1. The van der Waals surface area contributed by atoms with Gasteiger partial charge >= 0.3 is 0 Å². The van der Waals surface area contributed by atoms with Crippen molar-refractivity contribution in [2.24, 2.45) is 0 Å². The molecule has 0 bridgehead atoms. The van der Waals surface area contributed by atoms with Crippen molar-refractivity contribution in [3.05, 3.63) is 40.7 Å². The third kappa shape index (κ3) is 4.61. The highest BCUT2D eigenvalue weighted by atomic mass is 35.5. The lowest BCUT2D eigenvalue weighted by Crippen LogP contribution is -2.41. The van der Waals surface area contributed by atoms with E-state index >= 15 is 0 Å². The topological polar surface area (TPSA) is 58.4 Å². The number of aryl methyl sites for hydroxylation is 1. The summed E-state index contributed by atoms with van der Waals surface area (Å²) >= 11 is 6.01. The summed E-state index contributed by atoms with van der Waals surface area (Å²) in [5.74, 6) is 1.13. The molecule has 2 heterocycles. The van der Waals surface area contributed by atoms with Crippen LogP contribution in [0.4, 0.5) is 0 Å². The molecule has 2 aromatic rings. The Balaban J connectivity index is 1.58. The first-order chi connectivity index (χ1) is 12.0. The van der Waals surface area contributed by atoms with E-state index in [1.54, 1.807) is 12.1 Å². The lowest BCUT2D eigenvalue weighted by Gasteiger charge is -2.23. The van der Waals surface area contributed by atoms with Gasteiger partial charge in [-0.3, -0.25) is 9.69 Å². The van der Waals surface area contributed by atoms with Crippen molar-refractivity contribution in [1.29, 1.82) is 0 Å². The fourth-order valence-corrected chi connectivity index (χ4v) is 3.31. The minimum absolute atomic E-state index is 0.0277. The van der Waals surface area contributed by atoms with Gasteiger partial charge in [0.25, 0.3) is 0 Å². The molecule has 1 N–H and O–H groups in total. The molecule has 0 aliphatic carbocycles. The van der Waals surface area contributed by atoms with Crippen LogP contribution >= 0.6 is 11.6 Å². The maximum atomic E-state index is 12.3. The highest BCUT2D eigenvalue weighted by molar-refractivity contribution is 6.30. The van der Waals surface area contributed by atoms with E-state index in [-0.39, 0.29) is 12.3 Å². The molecule has 1 aromatic carbocycles. The fraction of sp³-hybridized carbons (Fsp3) is 0.474. The summed E-state index contributed by atoms with van der Waals surface area (Å²) in [4.78, 5) is 19.1. The van der Waals surface area contributed by atoms with E-state index in [2.05, 4.69) is 22.1 Å². The maximum absolute atomic E-state index is 12.3. The first-order valence-electron chi connectivity index (χ1n) is 8.76. The van der Waals surface area contributed by atoms with Crippen LogP contribution in [0.3, 0.4) is 0 Å². The fourth-order valence-electron chi connectivity index (χ4n) is 3.12. The third-order valence-corrected chi connectivity index (χ3v) is 4.89. The molecule has 5 nitrogen and oxygen atoms in total. The number of oxazole rings is 1. The number of nitrogens with one attached hydrogen (secondary N) is 1. The zero-order valence-corrected chi connectivity index (χ0v) is 15.5. The molecule has 1 atom stereocenters. The predicted octanol–water partition coefficient (Wildman–Crippen LogP) is 3.45. The van der Waals surface area contributed by atoms with Gasteiger partial charge in [-0.2, -0.15) is 0 Å². The molecular formula is C19H24ClN3O2. The Bertz CT molecular complexity index is 738. The summed E-state index contributed by atoms with van der Waals surface area (Å²) in [6.07, 6.45) is 2.73. The average molecular weight is 362 g/mol. The third-order valence-electron chi connectivity index (χ3n) is 4.65. The highest BCUT2D eigenvalue weighted by Gasteiger charge is 2.19. The van der Waals surface area contributed by atoms with Gasteiger partial charge in [0.1, 0.15) is 5.76 Å². The van der Waals surface area contributed by atoms with E-state index in [1.807, 2.05) is 19.1 Å². The molecule has 134 valence electrons. The largest absolute Gasteiger partial charge is 0.441 e. The van der Waals surface area contributed by atoms with Crippen LogP contribution in [0.1, 0.15) is 31.2 Å². The van der Waals surface area contributed by atoms with Crippen LogP contribution in [0.25, 0.3) is 11.5 Å². The first-order valence-corrected chi connectivity index (χ1v) is 9.13. The monoisotopic (exact) mass is 361 g/mol. The van der Waals surface area contributed by atoms with Crippen LogP contribution in [0, 0.1) is 6.92 Å². The van der Waals surface area contributed by atoms with E-state index in [9.17, 15) is 4.79 Å². The number of carbonyl (C=O) groups excluding carboxylic acids is 1. The van der Waals surface area contributed by atoms with Crippen molar-refractivity contribution in [3.8, 4) is 11.5 Å². The summed E-state index contributed by atoms with van der Waals surface area (Å²) in [6, 6.07) is 7.71. The number of nitrogens with zero attached hydrogens (tertiary/aromatic N) is 2. The second kappa shape index (κ2) is 8.02. The normalized spacial score (nSPS) is 16.1. The van der Waals surface area contributed by atoms with Crippen LogP contribution in [0.5, 0.6) is 0 Å². The Morgan fingerprint density at radius 2 is 2.16 bits per heavy atom. The van der Waals surface area contributed by atoms with Crippen molar-refractivity contribution in [2.45, 2.75) is 39.2 Å². The molecule has 1 saturated heterocycles. The predicted molar refractivity (Wildman–Crippen MR) is 98.7 cm³/mol. The standard InChI is InChI=1S/C19H24ClN3O2/c1-13(23-8-3-4-9-23)12-21-18(24)11-17-14(2)25-19(22-17)15-6-5-7-16(20)10-15/h5-7,10,13H,3-4,8-9,11-12H2,1-2H3,(H,21,24). The smallest absolute Gasteiger partial charge is 0.226 e. The number of likely N-dealkylation sites (tertiary alicyclic amines) is 1. The maximum Gasteiger partial charge on any atom is 0.226 e. The minimum atomic E-state index is -0.0277. The lowest BCUT2D eigenvalue weighted by atomic mass is 10.2. The summed E-state index contributed by atoms with van der Waals surface area (Å²) in [6.45, 7) is 6.91. The van der Waals surface area contributed by atoms with Crippen molar-refractivity contribution in [1.82, 2.24) is 15.2 Å². The second-order valence-electron chi connectivity index (χ2n) is 6.61. The molecule has 1 unspecified atom stereocenters. The Hall–Kier alpha value is -1.85. The van der Waals surface area contributed by atoms with Crippen molar-refractivity contribution in [2.75, 3.05) is 19.6 Å². The molecule has 1 fully saturated rings. The number of amides is 1. The quantitative estimate of drug-likeness (QED) is 0.856. The molecule has 1 aliphatic heterocycles. The van der Waals surface area contributed by atoms with Crippen LogP contribution in [0.15, 0.2) is 28.7 Å². The Morgan fingerprint density at radius 3 is 2.88 bits per heavy atom. The van der Waals surface area contributed by atoms with Gasteiger partial charge in [-0.25, -0.2) is 4.98 Å². The number of aromatic nitrogens is 1. The zero-order valence-electron chi connectivity index (χ0n) is 14.7. The van der Waals surface area contributed by atoms with E-state index in [4.69, 9.17) is 16.0 Å². The van der Waals surface area contributed by atoms with Gasteiger partial charge in [0.2, 0.25) is 11.8 Å². The molecular weight excluding hydrogens is 338 g/mol. The van der Waals surface area contributed by atoms with Gasteiger partial charge in [-0.15, -0.1) is 0 Å². The van der Waals surface area contributed by atoms with Gasteiger partial charge in [0.15, 0.2) is 0 Å². The molecule has 1 aliphatic rings. The molecule has 1 amide bonds. The number of hydrogen-bond donors (Lipinski definition) is 1.